The van der Waals surface area contributed by atoms with Crippen LogP contribution in [0, 0.1) is 0 Å². The second-order valence-corrected chi connectivity index (χ2v) is 3.34. The van der Waals surface area contributed by atoms with Gasteiger partial charge in [0.1, 0.15) is 5.70 Å². The number of hydrogen-bond donors (Lipinski definition) is 4. The first kappa shape index (κ1) is 11.5. The van der Waals surface area contributed by atoms with Crippen molar-refractivity contribution in [2.24, 2.45) is 5.10 Å². The van der Waals surface area contributed by atoms with E-state index in [4.69, 9.17) is 0 Å². The van der Waals surface area contributed by atoms with Gasteiger partial charge in [0, 0.05) is 20.0 Å². The van der Waals surface area contributed by atoms with E-state index in [0.717, 1.165) is 12.8 Å². The lowest BCUT2D eigenvalue weighted by Crippen LogP contribution is -2.51. The normalized spacial score (nSPS) is 25.1. The fraction of sp³-hybridized carbons (Fsp3) is 0.556. The van der Waals surface area contributed by atoms with E-state index in [-0.39, 0.29) is 17.6 Å². The standard InChI is InChI=1S/C9H16N4O2/c1-10-5-7(13-11-2)9(15)12-6-3-4-8(6)14/h5-6,8,10,13-14H,2-4H2,1H3,(H,12,15)/b7-5-. The molecule has 0 aromatic rings. The molecule has 0 spiro atoms. The zero-order valence-corrected chi connectivity index (χ0v) is 8.66. The monoisotopic (exact) mass is 212 g/mol. The van der Waals surface area contributed by atoms with E-state index < -0.39 is 6.10 Å². The summed E-state index contributed by atoms with van der Waals surface area (Å²) in [5.41, 5.74) is 2.74. The van der Waals surface area contributed by atoms with Crippen molar-refractivity contribution in [1.29, 1.82) is 0 Å². The zero-order valence-electron chi connectivity index (χ0n) is 8.66. The minimum Gasteiger partial charge on any atom is -0.392 e. The Morgan fingerprint density at radius 1 is 1.60 bits per heavy atom. The molecule has 0 aromatic heterocycles. The Bertz CT molecular complexity index is 277. The molecule has 1 rings (SSSR count). The first-order valence-corrected chi connectivity index (χ1v) is 4.77. The van der Waals surface area contributed by atoms with Crippen molar-refractivity contribution in [2.45, 2.75) is 25.0 Å². The quantitative estimate of drug-likeness (QED) is 0.264. The third-order valence-corrected chi connectivity index (χ3v) is 2.29. The molecule has 4 N–H and O–H groups in total. The summed E-state index contributed by atoms with van der Waals surface area (Å²) in [4.78, 5) is 11.6. The van der Waals surface area contributed by atoms with Crippen LogP contribution < -0.4 is 16.1 Å². The van der Waals surface area contributed by atoms with Gasteiger partial charge in [-0.25, -0.2) is 0 Å². The number of aliphatic hydroxyl groups excluding tert-OH is 1. The summed E-state index contributed by atoms with van der Waals surface area (Å²) in [5, 5.41) is 18.1. The van der Waals surface area contributed by atoms with Crippen molar-refractivity contribution in [2.75, 3.05) is 7.05 Å². The molecule has 0 radical (unpaired) electrons. The van der Waals surface area contributed by atoms with Crippen LogP contribution in [0.1, 0.15) is 12.8 Å². The highest BCUT2D eigenvalue weighted by molar-refractivity contribution is 5.93. The molecule has 0 bridgehead atoms. The van der Waals surface area contributed by atoms with Crippen LogP contribution in [-0.4, -0.2) is 36.9 Å². The summed E-state index contributed by atoms with van der Waals surface area (Å²) >= 11 is 0. The van der Waals surface area contributed by atoms with E-state index in [0.29, 0.717) is 0 Å². The maximum absolute atomic E-state index is 11.6. The van der Waals surface area contributed by atoms with Crippen molar-refractivity contribution >= 4 is 12.6 Å². The molecule has 6 nitrogen and oxygen atoms in total. The van der Waals surface area contributed by atoms with Gasteiger partial charge in [-0.2, -0.15) is 5.10 Å². The van der Waals surface area contributed by atoms with Gasteiger partial charge in [0.05, 0.1) is 12.1 Å². The van der Waals surface area contributed by atoms with E-state index in [1.165, 1.54) is 6.20 Å². The van der Waals surface area contributed by atoms with Crippen LogP contribution in [0.4, 0.5) is 0 Å². The Labute approximate surface area is 88.4 Å². The predicted molar refractivity (Wildman–Crippen MR) is 57.0 cm³/mol. The van der Waals surface area contributed by atoms with E-state index in [1.54, 1.807) is 7.05 Å². The van der Waals surface area contributed by atoms with Crippen LogP contribution in [-0.2, 0) is 4.79 Å². The number of nitrogens with one attached hydrogen (secondary N) is 3. The van der Waals surface area contributed by atoms with Crippen molar-refractivity contribution in [1.82, 2.24) is 16.1 Å². The first-order chi connectivity index (χ1) is 7.19. The van der Waals surface area contributed by atoms with Crippen LogP contribution >= 0.6 is 0 Å². The predicted octanol–water partition coefficient (Wildman–Crippen LogP) is -1.11. The maximum Gasteiger partial charge on any atom is 0.271 e. The topological polar surface area (TPSA) is 85.8 Å². The summed E-state index contributed by atoms with van der Waals surface area (Å²) in [6.07, 6.45) is 2.60. The van der Waals surface area contributed by atoms with Gasteiger partial charge in [0.25, 0.3) is 5.91 Å². The van der Waals surface area contributed by atoms with Crippen molar-refractivity contribution in [3.8, 4) is 0 Å². The average Bonchev–Trinajstić information content (AvgIpc) is 2.23. The number of aliphatic hydroxyl groups is 1. The second kappa shape index (κ2) is 5.35. The molecule has 2 unspecified atom stereocenters. The molecule has 84 valence electrons. The lowest BCUT2D eigenvalue weighted by atomic mass is 9.89. The molecule has 1 aliphatic carbocycles. The van der Waals surface area contributed by atoms with Gasteiger partial charge in [-0.05, 0) is 12.8 Å². The van der Waals surface area contributed by atoms with Gasteiger partial charge in [-0.15, -0.1) is 0 Å². The fourth-order valence-corrected chi connectivity index (χ4v) is 1.28. The van der Waals surface area contributed by atoms with Gasteiger partial charge in [0.15, 0.2) is 0 Å². The Morgan fingerprint density at radius 2 is 2.33 bits per heavy atom. The molecule has 6 heteroatoms. The molecule has 1 saturated carbocycles. The molecular formula is C9H16N4O2. The summed E-state index contributed by atoms with van der Waals surface area (Å²) < 4.78 is 0. The van der Waals surface area contributed by atoms with Crippen LogP contribution in [0.25, 0.3) is 0 Å². The van der Waals surface area contributed by atoms with Crippen molar-refractivity contribution < 1.29 is 9.90 Å². The molecular weight excluding hydrogens is 196 g/mol. The largest absolute Gasteiger partial charge is 0.392 e. The zero-order chi connectivity index (χ0) is 11.3. The lowest BCUT2D eigenvalue weighted by molar-refractivity contribution is -0.120. The van der Waals surface area contributed by atoms with Crippen LogP contribution in [0.3, 0.4) is 0 Å². The van der Waals surface area contributed by atoms with E-state index >= 15 is 0 Å². The first-order valence-electron chi connectivity index (χ1n) is 4.77. The van der Waals surface area contributed by atoms with Gasteiger partial charge in [-0.3, -0.25) is 10.2 Å². The number of rotatable bonds is 5. The molecule has 1 aliphatic rings. The lowest BCUT2D eigenvalue weighted by Gasteiger charge is -2.33. The Morgan fingerprint density at radius 3 is 2.73 bits per heavy atom. The fourth-order valence-electron chi connectivity index (χ4n) is 1.28. The van der Waals surface area contributed by atoms with Gasteiger partial charge < -0.3 is 15.7 Å². The molecule has 0 heterocycles. The van der Waals surface area contributed by atoms with Gasteiger partial charge in [0.2, 0.25) is 0 Å². The molecule has 1 fully saturated rings. The number of hydrogen-bond acceptors (Lipinski definition) is 5. The smallest absolute Gasteiger partial charge is 0.271 e. The van der Waals surface area contributed by atoms with Crippen LogP contribution in [0.2, 0.25) is 0 Å². The van der Waals surface area contributed by atoms with Crippen LogP contribution in [0.5, 0.6) is 0 Å². The highest BCUT2D eigenvalue weighted by Crippen LogP contribution is 2.19. The van der Waals surface area contributed by atoms with Gasteiger partial charge >= 0.3 is 0 Å². The summed E-state index contributed by atoms with van der Waals surface area (Å²) in [6.45, 7) is 3.23. The molecule has 0 aromatic carbocycles. The van der Waals surface area contributed by atoms with Gasteiger partial charge in [-0.1, -0.05) is 0 Å². The Hall–Kier alpha value is -1.56. The van der Waals surface area contributed by atoms with E-state index in [1.807, 2.05) is 0 Å². The SMILES string of the molecule is C=NN/C(=C\NC)C(=O)NC1CCC1O. The minimum absolute atomic E-state index is 0.149. The summed E-state index contributed by atoms with van der Waals surface area (Å²) in [7, 11) is 1.68. The van der Waals surface area contributed by atoms with Crippen LogP contribution in [0.15, 0.2) is 17.0 Å². The molecule has 0 aliphatic heterocycles. The molecule has 0 saturated heterocycles. The molecule has 15 heavy (non-hydrogen) atoms. The number of amides is 1. The average molecular weight is 212 g/mol. The second-order valence-electron chi connectivity index (χ2n) is 3.34. The summed E-state index contributed by atoms with van der Waals surface area (Å²) in [6, 6.07) is -0.149. The highest BCUT2D eigenvalue weighted by Gasteiger charge is 2.30. The third kappa shape index (κ3) is 2.95. The third-order valence-electron chi connectivity index (χ3n) is 2.29. The molecule has 1 amide bonds. The number of nitrogens with zero attached hydrogens (tertiary/aromatic N) is 1. The Balaban J connectivity index is 2.48. The van der Waals surface area contributed by atoms with E-state index in [9.17, 15) is 9.90 Å². The number of carbonyl (C=O) groups is 1. The number of hydrazone groups is 1. The maximum atomic E-state index is 11.6. The Kier molecular flexibility index (Phi) is 4.11. The highest BCUT2D eigenvalue weighted by atomic mass is 16.3. The van der Waals surface area contributed by atoms with Crippen molar-refractivity contribution in [3.63, 3.8) is 0 Å². The molecule has 2 atom stereocenters. The minimum atomic E-state index is -0.429. The summed E-state index contributed by atoms with van der Waals surface area (Å²) in [5.74, 6) is -0.305. The number of carbonyl (C=O) groups excluding carboxylic acids is 1. The van der Waals surface area contributed by atoms with Crippen molar-refractivity contribution in [3.05, 3.63) is 11.9 Å². The van der Waals surface area contributed by atoms with E-state index in [2.05, 4.69) is 27.9 Å².